The SMILES string of the molecule is NC(=O)c1ccnc(N2CCN(C3CCCC3)CC2)c1. The fraction of sp³-hybridized carbons (Fsp3) is 0.600. The van der Waals surface area contributed by atoms with Crippen LogP contribution in [0.15, 0.2) is 18.3 Å². The van der Waals surface area contributed by atoms with Gasteiger partial charge in [0, 0.05) is 44.0 Å². The number of hydrogen-bond donors (Lipinski definition) is 1. The van der Waals surface area contributed by atoms with E-state index >= 15 is 0 Å². The van der Waals surface area contributed by atoms with Crippen molar-refractivity contribution in [2.45, 2.75) is 31.7 Å². The first kappa shape index (κ1) is 13.4. The second-order valence-corrected chi connectivity index (χ2v) is 5.73. The molecule has 5 nitrogen and oxygen atoms in total. The Hall–Kier alpha value is -1.62. The highest BCUT2D eigenvalue weighted by Crippen LogP contribution is 2.25. The third-order valence-corrected chi connectivity index (χ3v) is 4.51. The summed E-state index contributed by atoms with van der Waals surface area (Å²) in [4.78, 5) is 20.5. The number of amides is 1. The summed E-state index contributed by atoms with van der Waals surface area (Å²) in [5.74, 6) is 0.477. The number of nitrogens with two attached hydrogens (primary N) is 1. The van der Waals surface area contributed by atoms with Crippen molar-refractivity contribution in [3.8, 4) is 0 Å². The maximum absolute atomic E-state index is 11.2. The van der Waals surface area contributed by atoms with Gasteiger partial charge in [-0.2, -0.15) is 0 Å². The molecule has 0 atom stereocenters. The Morgan fingerprint density at radius 1 is 1.20 bits per heavy atom. The zero-order chi connectivity index (χ0) is 13.9. The number of aromatic nitrogens is 1. The maximum atomic E-state index is 11.2. The molecule has 20 heavy (non-hydrogen) atoms. The summed E-state index contributed by atoms with van der Waals surface area (Å²) < 4.78 is 0. The predicted molar refractivity (Wildman–Crippen MR) is 78.8 cm³/mol. The minimum Gasteiger partial charge on any atom is -0.366 e. The lowest BCUT2D eigenvalue weighted by molar-refractivity contribution is 0.1000. The molecule has 1 aliphatic carbocycles. The van der Waals surface area contributed by atoms with E-state index in [0.29, 0.717) is 5.56 Å². The van der Waals surface area contributed by atoms with E-state index in [1.165, 1.54) is 25.7 Å². The monoisotopic (exact) mass is 274 g/mol. The number of anilines is 1. The van der Waals surface area contributed by atoms with Crippen LogP contribution in [-0.2, 0) is 0 Å². The van der Waals surface area contributed by atoms with Crippen LogP contribution in [0.4, 0.5) is 5.82 Å². The van der Waals surface area contributed by atoms with Crippen LogP contribution in [0.1, 0.15) is 36.0 Å². The van der Waals surface area contributed by atoms with Crippen LogP contribution in [0, 0.1) is 0 Å². The lowest BCUT2D eigenvalue weighted by atomic mass is 10.1. The standard InChI is InChI=1S/C15H22N4O/c16-15(20)12-5-6-17-14(11-12)19-9-7-18(8-10-19)13-3-1-2-4-13/h5-6,11,13H,1-4,7-10H2,(H2,16,20). The number of hydrogen-bond acceptors (Lipinski definition) is 4. The van der Waals surface area contributed by atoms with Gasteiger partial charge < -0.3 is 10.6 Å². The van der Waals surface area contributed by atoms with Gasteiger partial charge in [0.2, 0.25) is 5.91 Å². The Kier molecular flexibility index (Phi) is 3.87. The van der Waals surface area contributed by atoms with Crippen LogP contribution >= 0.6 is 0 Å². The molecular formula is C15H22N4O. The van der Waals surface area contributed by atoms with Gasteiger partial charge in [-0.25, -0.2) is 4.98 Å². The van der Waals surface area contributed by atoms with Gasteiger partial charge in [0.15, 0.2) is 0 Å². The lowest BCUT2D eigenvalue weighted by Gasteiger charge is -2.38. The fourth-order valence-corrected chi connectivity index (χ4v) is 3.33. The molecule has 108 valence electrons. The van der Waals surface area contributed by atoms with E-state index < -0.39 is 5.91 Å². The molecular weight excluding hydrogens is 252 g/mol. The largest absolute Gasteiger partial charge is 0.366 e. The highest BCUT2D eigenvalue weighted by atomic mass is 16.1. The molecule has 1 aliphatic heterocycles. The van der Waals surface area contributed by atoms with Crippen molar-refractivity contribution in [1.82, 2.24) is 9.88 Å². The molecule has 0 unspecified atom stereocenters. The van der Waals surface area contributed by atoms with Crippen molar-refractivity contribution in [2.75, 3.05) is 31.1 Å². The van der Waals surface area contributed by atoms with Gasteiger partial charge >= 0.3 is 0 Å². The highest BCUT2D eigenvalue weighted by Gasteiger charge is 2.26. The van der Waals surface area contributed by atoms with Crippen molar-refractivity contribution < 1.29 is 4.79 Å². The molecule has 1 amide bonds. The van der Waals surface area contributed by atoms with Crippen molar-refractivity contribution in [1.29, 1.82) is 0 Å². The number of piperazine rings is 1. The fourth-order valence-electron chi connectivity index (χ4n) is 3.33. The molecule has 0 aromatic carbocycles. The first-order valence-electron chi connectivity index (χ1n) is 7.49. The van der Waals surface area contributed by atoms with Crippen LogP contribution < -0.4 is 10.6 Å². The molecule has 2 aliphatic rings. The Balaban J connectivity index is 1.62. The molecule has 2 heterocycles. The molecule has 5 heteroatoms. The summed E-state index contributed by atoms with van der Waals surface area (Å²) in [6, 6.07) is 4.26. The van der Waals surface area contributed by atoms with Crippen molar-refractivity contribution in [3.05, 3.63) is 23.9 Å². The van der Waals surface area contributed by atoms with Crippen molar-refractivity contribution in [3.63, 3.8) is 0 Å². The number of rotatable bonds is 3. The zero-order valence-electron chi connectivity index (χ0n) is 11.8. The molecule has 0 spiro atoms. The highest BCUT2D eigenvalue weighted by molar-refractivity contribution is 5.93. The molecule has 1 saturated heterocycles. The summed E-state index contributed by atoms with van der Waals surface area (Å²) in [5, 5.41) is 0. The van der Waals surface area contributed by atoms with Gasteiger partial charge in [-0.3, -0.25) is 9.69 Å². The van der Waals surface area contributed by atoms with E-state index in [1.807, 2.05) is 0 Å². The number of primary amides is 1. The van der Waals surface area contributed by atoms with Gasteiger partial charge in [-0.05, 0) is 25.0 Å². The molecule has 3 rings (SSSR count). The minimum atomic E-state index is -0.391. The topological polar surface area (TPSA) is 62.5 Å². The third kappa shape index (κ3) is 2.77. The van der Waals surface area contributed by atoms with Crippen LogP contribution in [0.5, 0.6) is 0 Å². The summed E-state index contributed by atoms with van der Waals surface area (Å²) in [7, 11) is 0. The number of pyridine rings is 1. The second-order valence-electron chi connectivity index (χ2n) is 5.73. The molecule has 2 N–H and O–H groups in total. The Morgan fingerprint density at radius 2 is 1.90 bits per heavy atom. The summed E-state index contributed by atoms with van der Waals surface area (Å²) in [6.07, 6.45) is 7.14. The molecule has 0 bridgehead atoms. The van der Waals surface area contributed by atoms with E-state index in [4.69, 9.17) is 5.73 Å². The van der Waals surface area contributed by atoms with Crippen LogP contribution in [0.2, 0.25) is 0 Å². The third-order valence-electron chi connectivity index (χ3n) is 4.51. The van der Waals surface area contributed by atoms with Crippen molar-refractivity contribution in [2.24, 2.45) is 5.73 Å². The Bertz CT molecular complexity index is 477. The quantitative estimate of drug-likeness (QED) is 0.901. The average Bonchev–Trinajstić information content (AvgIpc) is 3.02. The van der Waals surface area contributed by atoms with Gasteiger partial charge in [0.05, 0.1) is 0 Å². The zero-order valence-corrected chi connectivity index (χ0v) is 11.8. The number of carbonyl (C=O) groups is 1. The smallest absolute Gasteiger partial charge is 0.248 e. The van der Waals surface area contributed by atoms with Crippen LogP contribution in [0.25, 0.3) is 0 Å². The summed E-state index contributed by atoms with van der Waals surface area (Å²) in [6.45, 7) is 4.14. The molecule has 0 radical (unpaired) electrons. The molecule has 2 fully saturated rings. The summed E-state index contributed by atoms with van der Waals surface area (Å²) in [5.41, 5.74) is 5.86. The van der Waals surface area contributed by atoms with Gasteiger partial charge in [-0.15, -0.1) is 0 Å². The van der Waals surface area contributed by atoms with Gasteiger partial charge in [0.25, 0.3) is 0 Å². The summed E-state index contributed by atoms with van der Waals surface area (Å²) >= 11 is 0. The molecule has 1 aromatic heterocycles. The first-order valence-corrected chi connectivity index (χ1v) is 7.49. The van der Waals surface area contributed by atoms with Crippen LogP contribution in [0.3, 0.4) is 0 Å². The number of nitrogens with zero attached hydrogens (tertiary/aromatic N) is 3. The van der Waals surface area contributed by atoms with Crippen LogP contribution in [-0.4, -0.2) is 48.0 Å². The molecule has 1 aromatic rings. The minimum absolute atomic E-state index is 0.391. The van der Waals surface area contributed by atoms with E-state index in [-0.39, 0.29) is 0 Å². The van der Waals surface area contributed by atoms with E-state index in [1.54, 1.807) is 18.3 Å². The van der Waals surface area contributed by atoms with Gasteiger partial charge in [-0.1, -0.05) is 12.8 Å². The Labute approximate surface area is 119 Å². The predicted octanol–water partition coefficient (Wildman–Crippen LogP) is 1.25. The molecule has 1 saturated carbocycles. The van der Waals surface area contributed by atoms with Gasteiger partial charge in [0.1, 0.15) is 5.82 Å². The Morgan fingerprint density at radius 3 is 2.55 bits per heavy atom. The second kappa shape index (κ2) is 5.79. The lowest BCUT2D eigenvalue weighted by Crippen LogP contribution is -2.50. The van der Waals surface area contributed by atoms with E-state index in [2.05, 4.69) is 14.8 Å². The first-order chi connectivity index (χ1) is 9.74. The van der Waals surface area contributed by atoms with Crippen molar-refractivity contribution >= 4 is 11.7 Å². The van der Waals surface area contributed by atoms with E-state index in [0.717, 1.165) is 38.0 Å². The normalized spacial score (nSPS) is 21.3. The average molecular weight is 274 g/mol. The number of carbonyl (C=O) groups excluding carboxylic acids is 1. The maximum Gasteiger partial charge on any atom is 0.248 e. The van der Waals surface area contributed by atoms with E-state index in [9.17, 15) is 4.79 Å².